The molecule has 0 bridgehead atoms. The quantitative estimate of drug-likeness (QED) is 0.370. The fourth-order valence-corrected chi connectivity index (χ4v) is 0.387. The molecule has 0 aromatic heterocycles. The van der Waals surface area contributed by atoms with Crippen LogP contribution in [0.15, 0.2) is 0 Å². The van der Waals surface area contributed by atoms with Gasteiger partial charge in [-0.05, 0) is 0 Å². The number of hydrogen-bond donors (Lipinski definition) is 2. The lowest BCUT2D eigenvalue weighted by molar-refractivity contribution is -0.177. The number of aliphatic hydroxyl groups excluding tert-OH is 1. The highest BCUT2D eigenvalue weighted by Gasteiger charge is 2.21. The SMILES string of the molecule is O=C(O)CO.O=C1OCCOC1=O. The summed E-state index contributed by atoms with van der Waals surface area (Å²) >= 11 is 0. The van der Waals surface area contributed by atoms with Crippen molar-refractivity contribution in [2.45, 2.75) is 0 Å². The molecule has 7 heteroatoms. The van der Waals surface area contributed by atoms with Crippen LogP contribution in [-0.4, -0.2) is 47.9 Å². The minimum atomic E-state index is -1.19. The number of carbonyl (C=O) groups is 3. The number of ether oxygens (including phenoxy) is 2. The first kappa shape index (κ1) is 11.4. The van der Waals surface area contributed by atoms with Gasteiger partial charge < -0.3 is 19.7 Å². The Labute approximate surface area is 72.9 Å². The average Bonchev–Trinajstić information content (AvgIpc) is 2.11. The fourth-order valence-electron chi connectivity index (χ4n) is 0.387. The van der Waals surface area contributed by atoms with Crippen molar-refractivity contribution in [2.24, 2.45) is 0 Å². The van der Waals surface area contributed by atoms with Gasteiger partial charge in [0, 0.05) is 0 Å². The predicted molar refractivity (Wildman–Crippen MR) is 36.6 cm³/mol. The first-order chi connectivity index (χ1) is 6.07. The molecule has 2 N–H and O–H groups in total. The zero-order chi connectivity index (χ0) is 10.3. The summed E-state index contributed by atoms with van der Waals surface area (Å²) in [6, 6.07) is 0. The van der Waals surface area contributed by atoms with Crippen molar-refractivity contribution in [3.05, 3.63) is 0 Å². The van der Waals surface area contributed by atoms with E-state index in [0.29, 0.717) is 0 Å². The first-order valence-corrected chi connectivity index (χ1v) is 3.24. The van der Waals surface area contributed by atoms with Crippen LogP contribution < -0.4 is 0 Å². The smallest absolute Gasteiger partial charge is 0.417 e. The van der Waals surface area contributed by atoms with Gasteiger partial charge >= 0.3 is 17.9 Å². The summed E-state index contributed by atoms with van der Waals surface area (Å²) in [6.07, 6.45) is 0. The Bertz CT molecular complexity index is 193. The Kier molecular flexibility index (Phi) is 5.20. The zero-order valence-corrected chi connectivity index (χ0v) is 6.56. The second-order valence-electron chi connectivity index (χ2n) is 1.82. The van der Waals surface area contributed by atoms with Crippen LogP contribution in [0, 0.1) is 0 Å². The van der Waals surface area contributed by atoms with E-state index < -0.39 is 24.5 Å². The fraction of sp³-hybridized carbons (Fsp3) is 0.500. The van der Waals surface area contributed by atoms with Crippen LogP contribution >= 0.6 is 0 Å². The van der Waals surface area contributed by atoms with Crippen LogP contribution in [0.1, 0.15) is 0 Å². The van der Waals surface area contributed by atoms with Gasteiger partial charge in [-0.15, -0.1) is 0 Å². The van der Waals surface area contributed by atoms with Gasteiger partial charge in [0.2, 0.25) is 0 Å². The molecule has 0 aromatic rings. The molecular formula is C6H8O7. The van der Waals surface area contributed by atoms with Crippen molar-refractivity contribution in [3.8, 4) is 0 Å². The lowest BCUT2D eigenvalue weighted by Crippen LogP contribution is -2.28. The van der Waals surface area contributed by atoms with Crippen molar-refractivity contribution in [2.75, 3.05) is 19.8 Å². The molecule has 1 heterocycles. The average molecular weight is 192 g/mol. The summed E-state index contributed by atoms with van der Waals surface area (Å²) in [5.74, 6) is -2.97. The van der Waals surface area contributed by atoms with E-state index >= 15 is 0 Å². The Morgan fingerprint density at radius 3 is 1.69 bits per heavy atom. The standard InChI is InChI=1S/C4H4O4.C2H4O3/c5-3-4(6)8-2-1-7-3;3-1-2(4)5/h1-2H2;3H,1H2,(H,4,5). The molecule has 7 nitrogen and oxygen atoms in total. The van der Waals surface area contributed by atoms with Gasteiger partial charge in [-0.1, -0.05) is 0 Å². The lowest BCUT2D eigenvalue weighted by atomic mass is 10.6. The molecule has 74 valence electrons. The maximum Gasteiger partial charge on any atom is 0.417 e. The van der Waals surface area contributed by atoms with E-state index in [0.717, 1.165) is 0 Å². The minimum Gasteiger partial charge on any atom is -0.480 e. The molecule has 1 fully saturated rings. The number of cyclic esters (lactones) is 2. The largest absolute Gasteiger partial charge is 0.480 e. The molecule has 13 heavy (non-hydrogen) atoms. The topological polar surface area (TPSA) is 110 Å². The summed E-state index contributed by atoms with van der Waals surface area (Å²) in [6.45, 7) is -0.408. The highest BCUT2D eigenvalue weighted by atomic mass is 16.6. The van der Waals surface area contributed by atoms with Crippen LogP contribution in [0.4, 0.5) is 0 Å². The van der Waals surface area contributed by atoms with Gasteiger partial charge in [0.1, 0.15) is 19.8 Å². The Morgan fingerprint density at radius 2 is 1.54 bits per heavy atom. The number of hydrogen-bond acceptors (Lipinski definition) is 6. The molecule has 0 aromatic carbocycles. The molecule has 1 saturated heterocycles. The van der Waals surface area contributed by atoms with Gasteiger partial charge in [-0.2, -0.15) is 0 Å². The molecule has 0 amide bonds. The number of carboxylic acid groups (broad SMARTS) is 1. The van der Waals surface area contributed by atoms with E-state index in [1.807, 2.05) is 0 Å². The van der Waals surface area contributed by atoms with Crippen LogP contribution in [-0.2, 0) is 23.9 Å². The third-order valence-corrected chi connectivity index (χ3v) is 0.852. The van der Waals surface area contributed by atoms with Crippen LogP contribution in [0.2, 0.25) is 0 Å². The van der Waals surface area contributed by atoms with Crippen LogP contribution in [0.25, 0.3) is 0 Å². The summed E-state index contributed by atoms with van der Waals surface area (Å²) in [7, 11) is 0. The molecule has 0 saturated carbocycles. The third kappa shape index (κ3) is 5.62. The molecule has 0 spiro atoms. The van der Waals surface area contributed by atoms with Crippen molar-refractivity contribution in [1.29, 1.82) is 0 Å². The number of carboxylic acids is 1. The Morgan fingerprint density at radius 1 is 1.23 bits per heavy atom. The van der Waals surface area contributed by atoms with E-state index in [4.69, 9.17) is 15.0 Å². The second kappa shape index (κ2) is 5.95. The van der Waals surface area contributed by atoms with Gasteiger partial charge in [-0.3, -0.25) is 0 Å². The van der Waals surface area contributed by atoms with E-state index in [1.165, 1.54) is 0 Å². The maximum absolute atomic E-state index is 10.1. The molecule has 0 atom stereocenters. The zero-order valence-electron chi connectivity index (χ0n) is 6.56. The maximum atomic E-state index is 10.1. The summed E-state index contributed by atoms with van der Waals surface area (Å²) in [5, 5.41) is 15.0. The summed E-state index contributed by atoms with van der Waals surface area (Å²) in [4.78, 5) is 29.3. The number of esters is 2. The van der Waals surface area contributed by atoms with E-state index in [-0.39, 0.29) is 13.2 Å². The van der Waals surface area contributed by atoms with E-state index in [2.05, 4.69) is 9.47 Å². The monoisotopic (exact) mass is 192 g/mol. The molecule has 0 aliphatic carbocycles. The molecule has 0 unspecified atom stereocenters. The molecule has 1 rings (SSSR count). The van der Waals surface area contributed by atoms with Gasteiger partial charge in [0.05, 0.1) is 0 Å². The van der Waals surface area contributed by atoms with Gasteiger partial charge in [-0.25, -0.2) is 14.4 Å². The van der Waals surface area contributed by atoms with Crippen molar-refractivity contribution in [1.82, 2.24) is 0 Å². The lowest BCUT2D eigenvalue weighted by Gasteiger charge is -2.09. The highest BCUT2D eigenvalue weighted by molar-refractivity contribution is 6.30. The molecule has 1 aliphatic heterocycles. The third-order valence-electron chi connectivity index (χ3n) is 0.852. The minimum absolute atomic E-state index is 0.185. The van der Waals surface area contributed by atoms with Gasteiger partial charge in [0.25, 0.3) is 0 Å². The number of aliphatic carboxylic acids is 1. The normalized spacial score (nSPS) is 14.8. The second-order valence-corrected chi connectivity index (χ2v) is 1.82. The Hall–Kier alpha value is -1.63. The summed E-state index contributed by atoms with van der Waals surface area (Å²) in [5.41, 5.74) is 0. The van der Waals surface area contributed by atoms with Crippen LogP contribution in [0.5, 0.6) is 0 Å². The predicted octanol–water partition coefficient (Wildman–Crippen LogP) is -1.85. The van der Waals surface area contributed by atoms with Crippen LogP contribution in [0.3, 0.4) is 0 Å². The first-order valence-electron chi connectivity index (χ1n) is 3.24. The van der Waals surface area contributed by atoms with E-state index in [9.17, 15) is 9.59 Å². The molecule has 0 radical (unpaired) electrons. The number of aliphatic hydroxyl groups is 1. The number of carbonyl (C=O) groups excluding carboxylic acids is 2. The molecule has 1 aliphatic rings. The van der Waals surface area contributed by atoms with Gasteiger partial charge in [0.15, 0.2) is 0 Å². The summed E-state index contributed by atoms with van der Waals surface area (Å²) < 4.78 is 8.55. The van der Waals surface area contributed by atoms with Crippen molar-refractivity contribution < 1.29 is 34.1 Å². The van der Waals surface area contributed by atoms with Crippen molar-refractivity contribution >= 4 is 17.9 Å². The molecular weight excluding hydrogens is 184 g/mol. The van der Waals surface area contributed by atoms with E-state index in [1.54, 1.807) is 0 Å². The van der Waals surface area contributed by atoms with Crippen molar-refractivity contribution in [3.63, 3.8) is 0 Å². The highest BCUT2D eigenvalue weighted by Crippen LogP contribution is 1.91. The number of rotatable bonds is 1. The Balaban J connectivity index is 0.000000252.